The van der Waals surface area contributed by atoms with Crippen LogP contribution in [0, 0.1) is 0 Å². The summed E-state index contributed by atoms with van der Waals surface area (Å²) in [6.45, 7) is 6.48. The van der Waals surface area contributed by atoms with Crippen LogP contribution in [0.25, 0.3) is 0 Å². The van der Waals surface area contributed by atoms with Gasteiger partial charge in [-0.1, -0.05) is 20.3 Å². The summed E-state index contributed by atoms with van der Waals surface area (Å²) in [6, 6.07) is 1.86. The minimum absolute atomic E-state index is 0.662. The van der Waals surface area contributed by atoms with Crippen LogP contribution in [0.3, 0.4) is 0 Å². The van der Waals surface area contributed by atoms with Crippen LogP contribution in [-0.2, 0) is 11.2 Å². The summed E-state index contributed by atoms with van der Waals surface area (Å²) in [7, 11) is 1.71. The van der Waals surface area contributed by atoms with Crippen LogP contribution in [0.15, 0.2) is 6.07 Å². The number of rotatable bonds is 10. The van der Waals surface area contributed by atoms with E-state index in [-0.39, 0.29) is 0 Å². The van der Waals surface area contributed by atoms with Gasteiger partial charge in [-0.25, -0.2) is 4.98 Å². The van der Waals surface area contributed by atoms with E-state index in [0.29, 0.717) is 12.5 Å². The van der Waals surface area contributed by atoms with Crippen molar-refractivity contribution in [3.63, 3.8) is 0 Å². The Bertz CT molecular complexity index is 359. The molecule has 0 aliphatic heterocycles. The van der Waals surface area contributed by atoms with Crippen LogP contribution in [0.5, 0.6) is 5.88 Å². The summed E-state index contributed by atoms with van der Waals surface area (Å²) in [5.74, 6) is 2.30. The number of aromatic nitrogens is 2. The predicted octanol–water partition coefficient (Wildman–Crippen LogP) is 2.67. The Balaban J connectivity index is 2.55. The lowest BCUT2D eigenvalue weighted by atomic mass is 10.3. The molecule has 5 heteroatoms. The molecular weight excluding hydrogens is 242 g/mol. The Kier molecular flexibility index (Phi) is 7.89. The number of nitrogens with one attached hydrogen (secondary N) is 1. The Morgan fingerprint density at radius 3 is 2.68 bits per heavy atom. The molecule has 0 aliphatic carbocycles. The quantitative estimate of drug-likeness (QED) is 0.660. The number of ether oxygens (including phenoxy) is 2. The fourth-order valence-corrected chi connectivity index (χ4v) is 1.55. The second-order valence-corrected chi connectivity index (χ2v) is 4.34. The van der Waals surface area contributed by atoms with E-state index in [4.69, 9.17) is 9.47 Å². The van der Waals surface area contributed by atoms with E-state index in [9.17, 15) is 0 Å². The number of methoxy groups -OCH3 is 1. The van der Waals surface area contributed by atoms with Crippen molar-refractivity contribution in [2.75, 3.05) is 32.2 Å². The van der Waals surface area contributed by atoms with E-state index in [0.717, 1.165) is 50.5 Å². The van der Waals surface area contributed by atoms with E-state index in [1.54, 1.807) is 7.11 Å². The van der Waals surface area contributed by atoms with Gasteiger partial charge < -0.3 is 14.8 Å². The van der Waals surface area contributed by atoms with Gasteiger partial charge in [0.25, 0.3) is 0 Å². The van der Waals surface area contributed by atoms with Crippen molar-refractivity contribution in [1.82, 2.24) is 9.97 Å². The van der Waals surface area contributed by atoms with E-state index >= 15 is 0 Å². The van der Waals surface area contributed by atoms with Crippen LogP contribution in [-0.4, -0.2) is 36.8 Å². The summed E-state index contributed by atoms with van der Waals surface area (Å²) in [5, 5.41) is 3.27. The SMILES string of the molecule is CCCCOc1cc(NCCCOC)nc(CC)n1. The third kappa shape index (κ3) is 6.38. The van der Waals surface area contributed by atoms with Gasteiger partial charge in [-0.15, -0.1) is 0 Å². The molecule has 0 amide bonds. The zero-order chi connectivity index (χ0) is 13.9. The number of unbranched alkanes of at least 4 members (excludes halogenated alkanes) is 1. The molecule has 0 radical (unpaired) electrons. The maximum atomic E-state index is 5.64. The molecule has 1 heterocycles. The molecule has 1 aromatic rings. The summed E-state index contributed by atoms with van der Waals surface area (Å²) in [6.07, 6.45) is 3.92. The van der Waals surface area contributed by atoms with Gasteiger partial charge in [-0.05, 0) is 12.8 Å². The van der Waals surface area contributed by atoms with Crippen molar-refractivity contribution in [2.45, 2.75) is 39.5 Å². The van der Waals surface area contributed by atoms with Gasteiger partial charge in [-0.2, -0.15) is 4.98 Å². The molecule has 0 fully saturated rings. The molecule has 0 aromatic carbocycles. The van der Waals surface area contributed by atoms with Crippen LogP contribution in [0.2, 0.25) is 0 Å². The Morgan fingerprint density at radius 1 is 1.16 bits per heavy atom. The molecule has 0 spiro atoms. The van der Waals surface area contributed by atoms with Crippen molar-refractivity contribution in [2.24, 2.45) is 0 Å². The van der Waals surface area contributed by atoms with Gasteiger partial charge in [0.2, 0.25) is 5.88 Å². The van der Waals surface area contributed by atoms with Crippen molar-refractivity contribution in [3.8, 4) is 5.88 Å². The van der Waals surface area contributed by atoms with Gasteiger partial charge in [0.05, 0.1) is 6.61 Å². The highest BCUT2D eigenvalue weighted by Gasteiger charge is 2.04. The van der Waals surface area contributed by atoms with E-state index in [2.05, 4.69) is 22.2 Å². The first-order chi connectivity index (χ1) is 9.30. The molecule has 5 nitrogen and oxygen atoms in total. The molecule has 0 unspecified atom stereocenters. The fourth-order valence-electron chi connectivity index (χ4n) is 1.55. The molecule has 0 saturated carbocycles. The third-order valence-electron chi connectivity index (χ3n) is 2.64. The smallest absolute Gasteiger partial charge is 0.218 e. The van der Waals surface area contributed by atoms with Crippen molar-refractivity contribution in [1.29, 1.82) is 0 Å². The number of hydrogen-bond donors (Lipinski definition) is 1. The zero-order valence-electron chi connectivity index (χ0n) is 12.2. The Labute approximate surface area is 115 Å². The van der Waals surface area contributed by atoms with Gasteiger partial charge in [0.1, 0.15) is 11.6 Å². The summed E-state index contributed by atoms with van der Waals surface area (Å²) >= 11 is 0. The second-order valence-electron chi connectivity index (χ2n) is 4.34. The average Bonchev–Trinajstić information content (AvgIpc) is 2.44. The lowest BCUT2D eigenvalue weighted by Crippen LogP contribution is -2.09. The normalized spacial score (nSPS) is 10.5. The number of aryl methyl sites for hydroxylation is 1. The standard InChI is InChI=1S/C14H25N3O2/c1-4-6-10-19-14-11-13(15-8-7-9-18-3)16-12(5-2)17-14/h11H,4-10H2,1-3H3,(H,15,16,17). The van der Waals surface area contributed by atoms with Crippen LogP contribution < -0.4 is 10.1 Å². The van der Waals surface area contributed by atoms with E-state index < -0.39 is 0 Å². The molecular formula is C14H25N3O2. The van der Waals surface area contributed by atoms with Crippen LogP contribution in [0.1, 0.15) is 38.9 Å². The van der Waals surface area contributed by atoms with Gasteiger partial charge >= 0.3 is 0 Å². The van der Waals surface area contributed by atoms with Crippen molar-refractivity contribution < 1.29 is 9.47 Å². The van der Waals surface area contributed by atoms with Gasteiger partial charge in [-0.3, -0.25) is 0 Å². The summed E-state index contributed by atoms with van der Waals surface area (Å²) < 4.78 is 10.7. The predicted molar refractivity (Wildman–Crippen MR) is 76.8 cm³/mol. The molecule has 1 rings (SSSR count). The van der Waals surface area contributed by atoms with Crippen molar-refractivity contribution >= 4 is 5.82 Å². The molecule has 0 saturated heterocycles. The molecule has 108 valence electrons. The van der Waals surface area contributed by atoms with Gasteiger partial charge in [0, 0.05) is 32.7 Å². The monoisotopic (exact) mass is 267 g/mol. The minimum Gasteiger partial charge on any atom is -0.478 e. The Hall–Kier alpha value is -1.36. The first-order valence-electron chi connectivity index (χ1n) is 7.03. The minimum atomic E-state index is 0.662. The van der Waals surface area contributed by atoms with Crippen molar-refractivity contribution in [3.05, 3.63) is 11.9 Å². The summed E-state index contributed by atoms with van der Waals surface area (Å²) in [4.78, 5) is 8.80. The number of nitrogens with zero attached hydrogens (tertiary/aromatic N) is 2. The maximum Gasteiger partial charge on any atom is 0.218 e. The first-order valence-corrected chi connectivity index (χ1v) is 7.03. The average molecular weight is 267 g/mol. The molecule has 0 aliphatic rings. The fraction of sp³-hybridized carbons (Fsp3) is 0.714. The highest BCUT2D eigenvalue weighted by molar-refractivity contribution is 5.38. The highest BCUT2D eigenvalue weighted by Crippen LogP contribution is 2.14. The third-order valence-corrected chi connectivity index (χ3v) is 2.64. The van der Waals surface area contributed by atoms with E-state index in [1.165, 1.54) is 0 Å². The molecule has 0 bridgehead atoms. The molecule has 0 atom stereocenters. The highest BCUT2D eigenvalue weighted by atomic mass is 16.5. The zero-order valence-corrected chi connectivity index (χ0v) is 12.2. The number of anilines is 1. The largest absolute Gasteiger partial charge is 0.478 e. The topological polar surface area (TPSA) is 56.3 Å². The summed E-state index contributed by atoms with van der Waals surface area (Å²) in [5.41, 5.74) is 0. The Morgan fingerprint density at radius 2 is 2.00 bits per heavy atom. The maximum absolute atomic E-state index is 5.64. The first kappa shape index (κ1) is 15.7. The molecule has 1 N–H and O–H groups in total. The van der Waals surface area contributed by atoms with Gasteiger partial charge in [0.15, 0.2) is 0 Å². The lowest BCUT2D eigenvalue weighted by Gasteiger charge is -2.10. The molecule has 1 aromatic heterocycles. The van der Waals surface area contributed by atoms with Crippen LogP contribution in [0.4, 0.5) is 5.82 Å². The van der Waals surface area contributed by atoms with E-state index in [1.807, 2.05) is 13.0 Å². The lowest BCUT2D eigenvalue weighted by molar-refractivity contribution is 0.197. The molecule has 19 heavy (non-hydrogen) atoms. The number of hydrogen-bond acceptors (Lipinski definition) is 5. The second kappa shape index (κ2) is 9.55. The van der Waals surface area contributed by atoms with Crippen LogP contribution >= 0.6 is 0 Å².